The van der Waals surface area contributed by atoms with Crippen molar-refractivity contribution in [1.82, 2.24) is 10.3 Å². The van der Waals surface area contributed by atoms with Gasteiger partial charge in [0.2, 0.25) is 0 Å². The third-order valence-corrected chi connectivity index (χ3v) is 4.06. The third-order valence-electron chi connectivity index (χ3n) is 3.11. The molecule has 0 atom stereocenters. The lowest BCUT2D eigenvalue weighted by Gasteiger charge is -2.23. The van der Waals surface area contributed by atoms with Crippen molar-refractivity contribution in [2.45, 2.75) is 39.3 Å². The van der Waals surface area contributed by atoms with Crippen LogP contribution in [0.4, 0.5) is 5.13 Å². The standard InChI is InChI=1S/C14H25N3OS/c1-11(2)9-17(6-7-18-3)14-16-13(10-19-14)8-15-12-4-5-12/h10-12,15H,4-9H2,1-3H3. The lowest BCUT2D eigenvalue weighted by Crippen LogP contribution is -2.31. The summed E-state index contributed by atoms with van der Waals surface area (Å²) in [6, 6.07) is 0.741. The summed E-state index contributed by atoms with van der Waals surface area (Å²) in [5.41, 5.74) is 1.16. The Morgan fingerprint density at radius 3 is 2.95 bits per heavy atom. The normalized spacial score (nSPS) is 15.2. The monoisotopic (exact) mass is 283 g/mol. The number of nitrogens with one attached hydrogen (secondary N) is 1. The van der Waals surface area contributed by atoms with E-state index in [1.165, 1.54) is 12.8 Å². The minimum absolute atomic E-state index is 0.633. The first-order valence-electron chi connectivity index (χ1n) is 7.10. The molecule has 4 nitrogen and oxygen atoms in total. The maximum atomic E-state index is 5.19. The number of rotatable bonds is 9. The van der Waals surface area contributed by atoms with E-state index in [0.717, 1.165) is 43.1 Å². The van der Waals surface area contributed by atoms with Crippen molar-refractivity contribution in [3.05, 3.63) is 11.1 Å². The molecular formula is C14H25N3OS. The maximum Gasteiger partial charge on any atom is 0.185 e. The Kier molecular flexibility index (Phi) is 5.60. The van der Waals surface area contributed by atoms with Gasteiger partial charge < -0.3 is 15.0 Å². The molecule has 0 aliphatic heterocycles. The maximum absolute atomic E-state index is 5.19. The van der Waals surface area contributed by atoms with Crippen LogP contribution < -0.4 is 10.2 Å². The summed E-state index contributed by atoms with van der Waals surface area (Å²) in [7, 11) is 1.75. The second-order valence-corrected chi connectivity index (χ2v) is 6.45. The highest BCUT2D eigenvalue weighted by molar-refractivity contribution is 7.13. The Bertz CT molecular complexity index is 377. The Morgan fingerprint density at radius 2 is 2.32 bits per heavy atom. The van der Waals surface area contributed by atoms with E-state index in [0.29, 0.717) is 5.92 Å². The summed E-state index contributed by atoms with van der Waals surface area (Å²) in [6.45, 7) is 8.08. The van der Waals surface area contributed by atoms with Gasteiger partial charge >= 0.3 is 0 Å². The van der Waals surface area contributed by atoms with Gasteiger partial charge in [-0.05, 0) is 18.8 Å². The SMILES string of the molecule is COCCN(CC(C)C)c1nc(CNC2CC2)cs1. The van der Waals surface area contributed by atoms with Gasteiger partial charge in [-0.3, -0.25) is 0 Å². The number of hydrogen-bond acceptors (Lipinski definition) is 5. The summed E-state index contributed by atoms with van der Waals surface area (Å²) in [5, 5.41) is 6.80. The van der Waals surface area contributed by atoms with Crippen LogP contribution in [-0.2, 0) is 11.3 Å². The van der Waals surface area contributed by atoms with E-state index in [9.17, 15) is 0 Å². The Labute approximate surface area is 120 Å². The van der Waals surface area contributed by atoms with E-state index >= 15 is 0 Å². The van der Waals surface area contributed by atoms with Gasteiger partial charge in [0.05, 0.1) is 12.3 Å². The zero-order valence-corrected chi connectivity index (χ0v) is 13.0. The van der Waals surface area contributed by atoms with Crippen LogP contribution in [0.1, 0.15) is 32.4 Å². The first kappa shape index (κ1) is 14.8. The second kappa shape index (κ2) is 7.22. The summed E-state index contributed by atoms with van der Waals surface area (Å²) in [6.07, 6.45) is 2.65. The predicted molar refractivity (Wildman–Crippen MR) is 80.9 cm³/mol. The van der Waals surface area contributed by atoms with Gasteiger partial charge in [-0.2, -0.15) is 0 Å². The van der Waals surface area contributed by atoms with Gasteiger partial charge in [-0.1, -0.05) is 13.8 Å². The molecule has 0 aromatic carbocycles. The van der Waals surface area contributed by atoms with Gasteiger partial charge in [0, 0.05) is 38.2 Å². The van der Waals surface area contributed by atoms with Crippen molar-refractivity contribution < 1.29 is 4.74 Å². The summed E-state index contributed by atoms with van der Waals surface area (Å²) in [5.74, 6) is 0.633. The molecule has 1 N–H and O–H groups in total. The highest BCUT2D eigenvalue weighted by atomic mass is 32.1. The summed E-state index contributed by atoms with van der Waals surface area (Å²) >= 11 is 1.74. The van der Waals surface area contributed by atoms with E-state index in [2.05, 4.69) is 29.4 Å². The van der Waals surface area contributed by atoms with Crippen LogP contribution in [-0.4, -0.2) is 37.8 Å². The number of anilines is 1. The van der Waals surface area contributed by atoms with Crippen LogP contribution in [0.5, 0.6) is 0 Å². The Balaban J connectivity index is 1.90. The molecule has 0 bridgehead atoms. The second-order valence-electron chi connectivity index (χ2n) is 5.61. The highest BCUT2D eigenvalue weighted by Gasteiger charge is 2.20. The van der Waals surface area contributed by atoms with Gasteiger partial charge in [0.25, 0.3) is 0 Å². The summed E-state index contributed by atoms with van der Waals surface area (Å²) < 4.78 is 5.19. The topological polar surface area (TPSA) is 37.4 Å². The fourth-order valence-electron chi connectivity index (χ4n) is 1.97. The number of thiazole rings is 1. The molecule has 1 aliphatic rings. The first-order chi connectivity index (χ1) is 9.19. The number of hydrogen-bond donors (Lipinski definition) is 1. The van der Waals surface area contributed by atoms with Gasteiger partial charge in [-0.15, -0.1) is 11.3 Å². The molecule has 108 valence electrons. The molecule has 0 radical (unpaired) electrons. The smallest absolute Gasteiger partial charge is 0.185 e. The Hall–Kier alpha value is -0.650. The van der Waals surface area contributed by atoms with E-state index in [1.54, 1.807) is 18.4 Å². The number of methoxy groups -OCH3 is 1. The molecule has 2 rings (SSSR count). The predicted octanol–water partition coefficient (Wildman–Crippen LogP) is 2.50. The average Bonchev–Trinajstić information content (AvgIpc) is 3.09. The molecule has 5 heteroatoms. The van der Waals surface area contributed by atoms with Crippen molar-refractivity contribution in [3.8, 4) is 0 Å². The first-order valence-corrected chi connectivity index (χ1v) is 7.98. The Morgan fingerprint density at radius 1 is 1.53 bits per heavy atom. The van der Waals surface area contributed by atoms with Gasteiger partial charge in [0.1, 0.15) is 0 Å². The molecule has 1 aromatic heterocycles. The fourth-order valence-corrected chi connectivity index (χ4v) is 2.83. The van der Waals surface area contributed by atoms with Gasteiger partial charge in [0.15, 0.2) is 5.13 Å². The quantitative estimate of drug-likeness (QED) is 0.755. The molecule has 1 aliphatic carbocycles. The molecule has 1 heterocycles. The van der Waals surface area contributed by atoms with Crippen LogP contribution in [0.25, 0.3) is 0 Å². The van der Waals surface area contributed by atoms with Crippen LogP contribution in [0, 0.1) is 5.92 Å². The largest absolute Gasteiger partial charge is 0.383 e. The van der Waals surface area contributed by atoms with Crippen molar-refractivity contribution >= 4 is 16.5 Å². The molecule has 19 heavy (non-hydrogen) atoms. The van der Waals surface area contributed by atoms with Crippen LogP contribution >= 0.6 is 11.3 Å². The van der Waals surface area contributed by atoms with Crippen molar-refractivity contribution in [1.29, 1.82) is 0 Å². The molecule has 1 fully saturated rings. The number of ether oxygens (including phenoxy) is 1. The lowest BCUT2D eigenvalue weighted by molar-refractivity contribution is 0.204. The molecular weight excluding hydrogens is 258 g/mol. The number of aromatic nitrogens is 1. The van der Waals surface area contributed by atoms with E-state index in [4.69, 9.17) is 9.72 Å². The minimum atomic E-state index is 0.633. The van der Waals surface area contributed by atoms with E-state index in [-0.39, 0.29) is 0 Å². The van der Waals surface area contributed by atoms with Crippen LogP contribution in [0.15, 0.2) is 5.38 Å². The average molecular weight is 283 g/mol. The van der Waals surface area contributed by atoms with Crippen molar-refractivity contribution in [2.75, 3.05) is 31.7 Å². The summed E-state index contributed by atoms with van der Waals surface area (Å²) in [4.78, 5) is 7.08. The van der Waals surface area contributed by atoms with E-state index < -0.39 is 0 Å². The fraction of sp³-hybridized carbons (Fsp3) is 0.786. The molecule has 0 amide bonds. The van der Waals surface area contributed by atoms with Crippen molar-refractivity contribution in [3.63, 3.8) is 0 Å². The van der Waals surface area contributed by atoms with Crippen molar-refractivity contribution in [2.24, 2.45) is 5.92 Å². The van der Waals surface area contributed by atoms with Gasteiger partial charge in [-0.25, -0.2) is 4.98 Å². The lowest BCUT2D eigenvalue weighted by atomic mass is 10.2. The zero-order chi connectivity index (χ0) is 13.7. The van der Waals surface area contributed by atoms with Crippen LogP contribution in [0.3, 0.4) is 0 Å². The van der Waals surface area contributed by atoms with Crippen LogP contribution in [0.2, 0.25) is 0 Å². The number of nitrogens with zero attached hydrogens (tertiary/aromatic N) is 2. The molecule has 0 spiro atoms. The minimum Gasteiger partial charge on any atom is -0.383 e. The van der Waals surface area contributed by atoms with E-state index in [1.807, 2.05) is 0 Å². The zero-order valence-electron chi connectivity index (χ0n) is 12.2. The highest BCUT2D eigenvalue weighted by Crippen LogP contribution is 2.23. The molecule has 0 unspecified atom stereocenters. The molecule has 0 saturated heterocycles. The molecule has 1 aromatic rings. The molecule has 1 saturated carbocycles. The third kappa shape index (κ3) is 5.09.